The van der Waals surface area contributed by atoms with Crippen LogP contribution in [0.4, 0.5) is 11.4 Å². The number of fused-ring (bicyclic) bond motifs is 3. The Hall–Kier alpha value is -2.87. The van der Waals surface area contributed by atoms with Crippen molar-refractivity contribution in [3.05, 3.63) is 65.9 Å². The Kier molecular flexibility index (Phi) is 3.74. The second kappa shape index (κ2) is 6.07. The van der Waals surface area contributed by atoms with E-state index in [4.69, 9.17) is 0 Å². The molecule has 5 rings (SSSR count). The summed E-state index contributed by atoms with van der Waals surface area (Å²) < 4.78 is 2.29. The highest BCUT2D eigenvalue weighted by molar-refractivity contribution is 6.12. The van der Waals surface area contributed by atoms with Crippen LogP contribution in [0, 0.1) is 12.8 Å². The summed E-state index contributed by atoms with van der Waals surface area (Å²) in [5.74, 6) is 0.649. The van der Waals surface area contributed by atoms with E-state index in [1.165, 1.54) is 55.3 Å². The second-order valence-electron chi connectivity index (χ2n) is 8.63. The summed E-state index contributed by atoms with van der Waals surface area (Å²) >= 11 is 0. The van der Waals surface area contributed by atoms with E-state index in [2.05, 4.69) is 99.1 Å². The van der Waals surface area contributed by atoms with E-state index < -0.39 is 0 Å². The maximum atomic E-state index is 2.40. The van der Waals surface area contributed by atoms with Gasteiger partial charge < -0.3 is 4.90 Å². The molecular weight excluding hydrogens is 340 g/mol. The summed E-state index contributed by atoms with van der Waals surface area (Å²) in [7, 11) is 4.39. The summed E-state index contributed by atoms with van der Waals surface area (Å²) in [5, 5.41) is 5.35. The van der Waals surface area contributed by atoms with E-state index in [9.17, 15) is 0 Å². The minimum absolute atomic E-state index is 0.649. The van der Waals surface area contributed by atoms with Crippen molar-refractivity contribution in [3.63, 3.8) is 0 Å². The topological polar surface area (TPSA) is 7.12 Å². The molecule has 28 heavy (non-hydrogen) atoms. The molecule has 0 aliphatic carbocycles. The molecule has 0 amide bonds. The molecule has 0 fully saturated rings. The fourth-order valence-corrected chi connectivity index (χ4v) is 4.90. The number of nitrogens with zero attached hydrogens (tertiary/aromatic N) is 2. The van der Waals surface area contributed by atoms with Crippen LogP contribution in [0.25, 0.3) is 32.8 Å². The van der Waals surface area contributed by atoms with Crippen LogP contribution in [-0.4, -0.2) is 7.05 Å². The average Bonchev–Trinajstić information content (AvgIpc) is 2.67. The van der Waals surface area contributed by atoms with Crippen molar-refractivity contribution in [1.82, 2.24) is 0 Å². The van der Waals surface area contributed by atoms with Crippen LogP contribution in [0.2, 0.25) is 0 Å². The number of anilines is 2. The van der Waals surface area contributed by atoms with Gasteiger partial charge in [-0.2, -0.15) is 0 Å². The third kappa shape index (κ3) is 2.37. The Morgan fingerprint density at radius 2 is 1.75 bits per heavy atom. The number of pyridine rings is 1. The zero-order chi connectivity index (χ0) is 19.6. The van der Waals surface area contributed by atoms with Crippen molar-refractivity contribution < 1.29 is 4.57 Å². The van der Waals surface area contributed by atoms with Gasteiger partial charge in [0.15, 0.2) is 6.20 Å². The molecular formula is C26H27N2+. The van der Waals surface area contributed by atoms with Gasteiger partial charge in [-0.1, -0.05) is 44.2 Å². The van der Waals surface area contributed by atoms with Gasteiger partial charge in [-0.3, -0.25) is 0 Å². The van der Waals surface area contributed by atoms with Gasteiger partial charge in [-0.05, 0) is 58.7 Å². The van der Waals surface area contributed by atoms with Crippen molar-refractivity contribution in [3.8, 4) is 11.3 Å². The fourth-order valence-electron chi connectivity index (χ4n) is 4.90. The first-order chi connectivity index (χ1) is 13.5. The van der Waals surface area contributed by atoms with Crippen LogP contribution in [0.3, 0.4) is 0 Å². The highest BCUT2D eigenvalue weighted by atomic mass is 15.1. The molecule has 1 aromatic heterocycles. The SMILES string of the molecule is Cc1c2c(cc3ccccc13)N(C)c1cc(CC(C)C)cc3cc[n+](C)c-2c13. The molecule has 3 aromatic carbocycles. The van der Waals surface area contributed by atoms with Crippen LogP contribution in [0.5, 0.6) is 0 Å². The Balaban J connectivity index is 1.92. The molecule has 0 atom stereocenters. The van der Waals surface area contributed by atoms with Crippen molar-refractivity contribution >= 4 is 32.9 Å². The van der Waals surface area contributed by atoms with E-state index in [0.29, 0.717) is 5.92 Å². The molecule has 0 bridgehead atoms. The molecule has 4 aromatic rings. The predicted molar refractivity (Wildman–Crippen MR) is 119 cm³/mol. The summed E-state index contributed by atoms with van der Waals surface area (Å²) in [4.78, 5) is 2.40. The van der Waals surface area contributed by atoms with Crippen LogP contribution in [0.1, 0.15) is 25.0 Å². The first kappa shape index (κ1) is 17.2. The number of benzene rings is 3. The lowest BCUT2D eigenvalue weighted by Gasteiger charge is -2.30. The highest BCUT2D eigenvalue weighted by Crippen LogP contribution is 2.48. The first-order valence-electron chi connectivity index (χ1n) is 10.2. The van der Waals surface area contributed by atoms with Crippen LogP contribution >= 0.6 is 0 Å². The van der Waals surface area contributed by atoms with Crippen molar-refractivity contribution in [1.29, 1.82) is 0 Å². The smallest absolute Gasteiger partial charge is 0.224 e. The minimum atomic E-state index is 0.649. The quantitative estimate of drug-likeness (QED) is 0.390. The van der Waals surface area contributed by atoms with Gasteiger partial charge in [0.1, 0.15) is 7.05 Å². The van der Waals surface area contributed by atoms with Crippen molar-refractivity contribution in [2.45, 2.75) is 27.2 Å². The average molecular weight is 368 g/mol. The minimum Gasteiger partial charge on any atom is -0.343 e. The van der Waals surface area contributed by atoms with Crippen molar-refractivity contribution in [2.24, 2.45) is 13.0 Å². The van der Waals surface area contributed by atoms with Crippen molar-refractivity contribution in [2.75, 3.05) is 11.9 Å². The van der Waals surface area contributed by atoms with Gasteiger partial charge in [-0.15, -0.1) is 0 Å². The standard InChI is InChI=1S/C26H27N2/c1-16(2)12-18-13-20-10-11-27(4)26-24-17(3)21-9-7-6-8-19(21)15-23(24)28(5)22(14-18)25(20)26/h6-11,13-16H,12H2,1-5H3/q+1. The molecule has 2 heterocycles. The van der Waals surface area contributed by atoms with Crippen LogP contribution in [0.15, 0.2) is 54.7 Å². The third-order valence-corrected chi connectivity index (χ3v) is 6.17. The largest absolute Gasteiger partial charge is 0.343 e. The normalized spacial score (nSPS) is 12.9. The lowest BCUT2D eigenvalue weighted by atomic mass is 9.88. The summed E-state index contributed by atoms with van der Waals surface area (Å²) in [5.41, 5.74) is 8.10. The number of rotatable bonds is 2. The molecule has 1 aliphatic heterocycles. The van der Waals surface area contributed by atoms with E-state index in [0.717, 1.165) is 6.42 Å². The summed E-state index contributed by atoms with van der Waals surface area (Å²) in [6, 6.07) is 18.1. The van der Waals surface area contributed by atoms with Gasteiger partial charge in [0.05, 0.1) is 22.3 Å². The van der Waals surface area contributed by atoms with Gasteiger partial charge in [0.25, 0.3) is 0 Å². The highest BCUT2D eigenvalue weighted by Gasteiger charge is 2.31. The lowest BCUT2D eigenvalue weighted by molar-refractivity contribution is -0.659. The monoisotopic (exact) mass is 367 g/mol. The number of aryl methyl sites for hydroxylation is 2. The molecule has 2 heteroatoms. The van der Waals surface area contributed by atoms with E-state index in [1.807, 2.05) is 0 Å². The van der Waals surface area contributed by atoms with E-state index in [-0.39, 0.29) is 0 Å². The number of hydrogen-bond donors (Lipinski definition) is 0. The first-order valence-corrected chi connectivity index (χ1v) is 10.2. The van der Waals surface area contributed by atoms with Gasteiger partial charge in [0, 0.05) is 13.1 Å². The Morgan fingerprint density at radius 1 is 0.964 bits per heavy atom. The maximum Gasteiger partial charge on any atom is 0.224 e. The summed E-state index contributed by atoms with van der Waals surface area (Å²) in [6.07, 6.45) is 3.32. The molecule has 0 saturated carbocycles. The number of hydrogen-bond acceptors (Lipinski definition) is 1. The molecule has 0 saturated heterocycles. The van der Waals surface area contributed by atoms with Crippen LogP contribution < -0.4 is 9.47 Å². The van der Waals surface area contributed by atoms with Gasteiger partial charge in [0.2, 0.25) is 5.69 Å². The van der Waals surface area contributed by atoms with Gasteiger partial charge in [-0.25, -0.2) is 4.57 Å². The van der Waals surface area contributed by atoms with E-state index >= 15 is 0 Å². The zero-order valence-corrected chi connectivity index (χ0v) is 17.4. The molecule has 140 valence electrons. The van der Waals surface area contributed by atoms with Crippen LogP contribution in [-0.2, 0) is 13.5 Å². The van der Waals surface area contributed by atoms with Gasteiger partial charge >= 0.3 is 0 Å². The molecule has 1 aliphatic rings. The number of aromatic nitrogens is 1. The Morgan fingerprint density at radius 3 is 2.54 bits per heavy atom. The molecule has 0 N–H and O–H groups in total. The maximum absolute atomic E-state index is 2.40. The molecule has 0 radical (unpaired) electrons. The molecule has 2 nitrogen and oxygen atoms in total. The lowest BCUT2D eigenvalue weighted by Crippen LogP contribution is -2.33. The Labute approximate surface area is 167 Å². The summed E-state index contributed by atoms with van der Waals surface area (Å²) in [6.45, 7) is 6.85. The third-order valence-electron chi connectivity index (χ3n) is 6.17. The Bertz CT molecular complexity index is 1250. The predicted octanol–water partition coefficient (Wildman–Crippen LogP) is 6.07. The second-order valence-corrected chi connectivity index (χ2v) is 8.63. The molecule has 0 spiro atoms. The van der Waals surface area contributed by atoms with E-state index in [1.54, 1.807) is 0 Å². The molecule has 0 unspecified atom stereocenters. The zero-order valence-electron chi connectivity index (χ0n) is 17.4. The fraction of sp³-hybridized carbons (Fsp3) is 0.269.